The lowest BCUT2D eigenvalue weighted by molar-refractivity contribution is 0.0951. The van der Waals surface area contributed by atoms with Crippen LogP contribution in [0.5, 0.6) is 11.5 Å². The molecule has 1 aromatic heterocycles. The minimum Gasteiger partial charge on any atom is -0.493 e. The molecule has 6 heteroatoms. The number of thiophene rings is 1. The van der Waals surface area contributed by atoms with Crippen molar-refractivity contribution < 1.29 is 18.7 Å². The van der Waals surface area contributed by atoms with Gasteiger partial charge < -0.3 is 14.8 Å². The standard InChI is InChI=1S/C18H16FNO3S/c1-22-14-6-2-3-7-15(14)23-10-9-20-18(21)17-11-12-13(19)5-4-8-16(12)24-17/h2-8,11H,9-10H2,1H3,(H,20,21). The molecule has 0 spiro atoms. The number of hydrogen-bond donors (Lipinski definition) is 1. The lowest BCUT2D eigenvalue weighted by Gasteiger charge is -2.10. The summed E-state index contributed by atoms with van der Waals surface area (Å²) in [5, 5.41) is 3.24. The number of amides is 1. The first kappa shape index (κ1) is 16.3. The molecule has 3 aromatic rings. The van der Waals surface area contributed by atoms with E-state index in [1.807, 2.05) is 12.1 Å². The van der Waals surface area contributed by atoms with Crippen LogP contribution in [0, 0.1) is 5.82 Å². The molecule has 0 aliphatic carbocycles. The summed E-state index contributed by atoms with van der Waals surface area (Å²) in [6.07, 6.45) is 0. The Hall–Kier alpha value is -2.60. The van der Waals surface area contributed by atoms with E-state index in [9.17, 15) is 9.18 Å². The summed E-state index contributed by atoms with van der Waals surface area (Å²) in [4.78, 5) is 12.6. The number of halogens is 1. The van der Waals surface area contributed by atoms with Crippen LogP contribution in [0.1, 0.15) is 9.67 Å². The van der Waals surface area contributed by atoms with E-state index < -0.39 is 0 Å². The third-order valence-corrected chi connectivity index (χ3v) is 4.55. The highest BCUT2D eigenvalue weighted by Gasteiger charge is 2.12. The molecule has 0 fully saturated rings. The van der Waals surface area contributed by atoms with Crippen molar-refractivity contribution in [3.63, 3.8) is 0 Å². The number of carbonyl (C=O) groups excluding carboxylic acids is 1. The van der Waals surface area contributed by atoms with Crippen LogP contribution in [0.15, 0.2) is 48.5 Å². The van der Waals surface area contributed by atoms with Gasteiger partial charge in [0.2, 0.25) is 0 Å². The number of hydrogen-bond acceptors (Lipinski definition) is 4. The first-order valence-corrected chi connectivity index (χ1v) is 8.23. The highest BCUT2D eigenvalue weighted by Crippen LogP contribution is 2.27. The SMILES string of the molecule is COc1ccccc1OCCNC(=O)c1cc2c(F)cccc2s1. The van der Waals surface area contributed by atoms with Gasteiger partial charge in [0.1, 0.15) is 12.4 Å². The molecule has 0 unspecified atom stereocenters. The summed E-state index contributed by atoms with van der Waals surface area (Å²) in [6.45, 7) is 0.652. The van der Waals surface area contributed by atoms with Gasteiger partial charge in [0, 0.05) is 10.1 Å². The number of rotatable bonds is 6. The van der Waals surface area contributed by atoms with Crippen molar-refractivity contribution in [2.75, 3.05) is 20.3 Å². The fourth-order valence-corrected chi connectivity index (χ4v) is 3.28. The molecule has 1 amide bonds. The highest BCUT2D eigenvalue weighted by molar-refractivity contribution is 7.20. The zero-order chi connectivity index (χ0) is 16.9. The van der Waals surface area contributed by atoms with Crippen LogP contribution in [0.25, 0.3) is 10.1 Å². The lowest BCUT2D eigenvalue weighted by Crippen LogP contribution is -2.27. The summed E-state index contributed by atoms with van der Waals surface area (Å²) in [7, 11) is 1.57. The summed E-state index contributed by atoms with van der Waals surface area (Å²) in [5.41, 5.74) is 0. The number of para-hydroxylation sites is 2. The highest BCUT2D eigenvalue weighted by atomic mass is 32.1. The van der Waals surface area contributed by atoms with Gasteiger partial charge in [0.25, 0.3) is 5.91 Å². The van der Waals surface area contributed by atoms with Gasteiger partial charge in [-0.3, -0.25) is 4.79 Å². The Morgan fingerprint density at radius 1 is 1.17 bits per heavy atom. The quantitative estimate of drug-likeness (QED) is 0.690. The van der Waals surface area contributed by atoms with Crippen LogP contribution < -0.4 is 14.8 Å². The molecule has 0 aliphatic heterocycles. The molecule has 0 saturated carbocycles. The normalized spacial score (nSPS) is 10.6. The number of methoxy groups -OCH3 is 1. The third-order valence-electron chi connectivity index (χ3n) is 3.45. The molecule has 1 N–H and O–H groups in total. The van der Waals surface area contributed by atoms with E-state index >= 15 is 0 Å². The van der Waals surface area contributed by atoms with Gasteiger partial charge in [-0.1, -0.05) is 18.2 Å². The van der Waals surface area contributed by atoms with Gasteiger partial charge in [0.15, 0.2) is 11.5 Å². The smallest absolute Gasteiger partial charge is 0.261 e. The van der Waals surface area contributed by atoms with Crippen LogP contribution in [-0.4, -0.2) is 26.2 Å². The maximum Gasteiger partial charge on any atom is 0.261 e. The Morgan fingerprint density at radius 3 is 2.71 bits per heavy atom. The largest absolute Gasteiger partial charge is 0.493 e. The van der Waals surface area contributed by atoms with Crippen LogP contribution >= 0.6 is 11.3 Å². The van der Waals surface area contributed by atoms with E-state index in [-0.39, 0.29) is 11.7 Å². The number of carbonyl (C=O) groups is 1. The molecule has 0 radical (unpaired) electrons. The molecule has 2 aromatic carbocycles. The van der Waals surface area contributed by atoms with Crippen LogP contribution in [0.3, 0.4) is 0 Å². The first-order valence-electron chi connectivity index (χ1n) is 7.41. The van der Waals surface area contributed by atoms with E-state index in [2.05, 4.69) is 5.32 Å². The van der Waals surface area contributed by atoms with Crippen LogP contribution in [0.4, 0.5) is 4.39 Å². The van der Waals surface area contributed by atoms with Gasteiger partial charge in [-0.25, -0.2) is 4.39 Å². The molecule has 4 nitrogen and oxygen atoms in total. The van der Waals surface area contributed by atoms with Crippen molar-refractivity contribution >= 4 is 27.3 Å². The number of nitrogens with one attached hydrogen (secondary N) is 1. The molecule has 124 valence electrons. The fourth-order valence-electron chi connectivity index (χ4n) is 2.29. The van der Waals surface area contributed by atoms with Crippen molar-refractivity contribution in [1.82, 2.24) is 5.32 Å². The van der Waals surface area contributed by atoms with Crippen molar-refractivity contribution in [2.45, 2.75) is 0 Å². The third kappa shape index (κ3) is 3.49. The minimum absolute atomic E-state index is 0.237. The van der Waals surface area contributed by atoms with Crippen molar-refractivity contribution in [3.05, 3.63) is 59.2 Å². The summed E-state index contributed by atoms with van der Waals surface area (Å²) in [5.74, 6) is 0.712. The average molecular weight is 345 g/mol. The fraction of sp³-hybridized carbons (Fsp3) is 0.167. The Balaban J connectivity index is 1.56. The maximum atomic E-state index is 13.7. The van der Waals surface area contributed by atoms with Crippen LogP contribution in [0.2, 0.25) is 0 Å². The Bertz CT molecular complexity index is 862. The predicted molar refractivity (Wildman–Crippen MR) is 92.6 cm³/mol. The molecule has 3 rings (SSSR count). The summed E-state index contributed by atoms with van der Waals surface area (Å²) in [6, 6.07) is 13.7. The van der Waals surface area contributed by atoms with Gasteiger partial charge in [-0.2, -0.15) is 0 Å². The van der Waals surface area contributed by atoms with Gasteiger partial charge in [-0.15, -0.1) is 11.3 Å². The second-order valence-electron chi connectivity index (χ2n) is 5.02. The Morgan fingerprint density at radius 2 is 1.96 bits per heavy atom. The number of fused-ring (bicyclic) bond motifs is 1. The van der Waals surface area contributed by atoms with E-state index in [1.54, 1.807) is 37.4 Å². The van der Waals surface area contributed by atoms with E-state index in [0.717, 1.165) is 4.70 Å². The molecule has 0 atom stereocenters. The zero-order valence-corrected chi connectivity index (χ0v) is 13.9. The maximum absolute atomic E-state index is 13.7. The molecule has 0 saturated heterocycles. The summed E-state index contributed by atoms with van der Waals surface area (Å²) < 4.78 is 25.2. The Labute approximate surface area is 142 Å². The lowest BCUT2D eigenvalue weighted by atomic mass is 10.2. The van der Waals surface area contributed by atoms with Gasteiger partial charge in [-0.05, 0) is 30.3 Å². The minimum atomic E-state index is -0.317. The molecule has 0 aliphatic rings. The monoisotopic (exact) mass is 345 g/mol. The second-order valence-corrected chi connectivity index (χ2v) is 6.10. The second kappa shape index (κ2) is 7.31. The molecule has 1 heterocycles. The molecular weight excluding hydrogens is 329 g/mol. The van der Waals surface area contributed by atoms with E-state index in [1.165, 1.54) is 17.4 Å². The van der Waals surface area contributed by atoms with E-state index in [0.29, 0.717) is 34.9 Å². The first-order chi connectivity index (χ1) is 11.7. The number of ether oxygens (including phenoxy) is 2. The topological polar surface area (TPSA) is 47.6 Å². The molecular formula is C18H16FNO3S. The van der Waals surface area contributed by atoms with Crippen LogP contribution in [-0.2, 0) is 0 Å². The van der Waals surface area contributed by atoms with Crippen molar-refractivity contribution in [3.8, 4) is 11.5 Å². The molecule has 0 bridgehead atoms. The van der Waals surface area contributed by atoms with Crippen molar-refractivity contribution in [2.24, 2.45) is 0 Å². The zero-order valence-electron chi connectivity index (χ0n) is 13.0. The Kier molecular flexibility index (Phi) is 4.96. The van der Waals surface area contributed by atoms with Gasteiger partial charge >= 0.3 is 0 Å². The van der Waals surface area contributed by atoms with E-state index in [4.69, 9.17) is 9.47 Å². The summed E-state index contributed by atoms with van der Waals surface area (Å²) >= 11 is 1.27. The van der Waals surface area contributed by atoms with Gasteiger partial charge in [0.05, 0.1) is 18.5 Å². The predicted octanol–water partition coefficient (Wildman–Crippen LogP) is 3.86. The molecule has 24 heavy (non-hydrogen) atoms. The van der Waals surface area contributed by atoms with Crippen molar-refractivity contribution in [1.29, 1.82) is 0 Å². The number of benzene rings is 2. The average Bonchev–Trinajstić information content (AvgIpc) is 3.04.